The number of fused-ring (bicyclic) bond motifs is 1. The van der Waals surface area contributed by atoms with Crippen molar-refractivity contribution in [2.75, 3.05) is 13.1 Å². The standard InChI is InChI=1S/C32H31ClN4O4S/c1-6-35(7-2)30(39)27-19(4)34-32-37(28(27)21-8-12-24(33)13-9-21)29(38)26(42-32)17-23-16-18(3)36(20(23)5)25-14-10-22(11-15-25)31(40)41/h8-17,28H,6-7H2,1-5H3,(H,40,41)/b26-17+/t28-/m1/s1. The van der Waals surface area contributed by atoms with E-state index in [2.05, 4.69) is 0 Å². The van der Waals surface area contributed by atoms with Crippen molar-refractivity contribution in [1.29, 1.82) is 0 Å². The quantitative estimate of drug-likeness (QED) is 0.327. The van der Waals surface area contributed by atoms with Gasteiger partial charge in [-0.2, -0.15) is 0 Å². The number of carbonyl (C=O) groups excluding carboxylic acids is 1. The maximum atomic E-state index is 14.1. The van der Waals surface area contributed by atoms with Crippen molar-refractivity contribution in [3.05, 3.63) is 119 Å². The highest BCUT2D eigenvalue weighted by atomic mass is 35.5. The molecule has 0 saturated carbocycles. The fourth-order valence-electron chi connectivity index (χ4n) is 5.46. The molecule has 3 heterocycles. The average molecular weight is 603 g/mol. The number of thiazole rings is 1. The monoisotopic (exact) mass is 602 g/mol. The highest BCUT2D eigenvalue weighted by Gasteiger charge is 2.34. The number of carbonyl (C=O) groups is 2. The van der Waals surface area contributed by atoms with Crippen LogP contribution in [0, 0.1) is 13.8 Å². The van der Waals surface area contributed by atoms with Gasteiger partial charge in [-0.05, 0) is 94.3 Å². The molecular formula is C32H31ClN4O4S. The SMILES string of the molecule is CCN(CC)C(=O)C1=C(C)N=c2s/c(=C/c3cc(C)n(-c4ccc(C(=O)O)cc4)c3C)c(=O)n2[C@@H]1c1ccc(Cl)cc1. The first-order valence-corrected chi connectivity index (χ1v) is 14.8. The lowest BCUT2D eigenvalue weighted by Crippen LogP contribution is -2.43. The molecule has 0 saturated heterocycles. The second-order valence-corrected chi connectivity index (χ2v) is 11.6. The van der Waals surface area contributed by atoms with E-state index >= 15 is 0 Å². The van der Waals surface area contributed by atoms with Gasteiger partial charge in [-0.15, -0.1) is 0 Å². The molecule has 0 aliphatic carbocycles. The van der Waals surface area contributed by atoms with Gasteiger partial charge in [0.05, 0.1) is 27.4 Å². The van der Waals surface area contributed by atoms with Crippen LogP contribution < -0.4 is 14.9 Å². The second kappa shape index (κ2) is 11.6. The van der Waals surface area contributed by atoms with E-state index in [1.165, 1.54) is 11.3 Å². The van der Waals surface area contributed by atoms with Gasteiger partial charge in [0.25, 0.3) is 11.5 Å². The molecule has 1 amide bonds. The minimum atomic E-state index is -0.979. The van der Waals surface area contributed by atoms with Crippen molar-refractivity contribution in [1.82, 2.24) is 14.0 Å². The highest BCUT2D eigenvalue weighted by molar-refractivity contribution is 7.07. The number of hydrogen-bond acceptors (Lipinski definition) is 5. The van der Waals surface area contributed by atoms with Crippen LogP contribution in [0.4, 0.5) is 0 Å². The number of carboxylic acid groups (broad SMARTS) is 1. The van der Waals surface area contributed by atoms with E-state index in [1.807, 2.05) is 63.5 Å². The molecule has 216 valence electrons. The number of nitrogens with zero attached hydrogens (tertiary/aromatic N) is 4. The molecule has 10 heteroatoms. The average Bonchev–Trinajstić information content (AvgIpc) is 3.42. The summed E-state index contributed by atoms with van der Waals surface area (Å²) >= 11 is 7.48. The van der Waals surface area contributed by atoms with Crippen molar-refractivity contribution in [3.63, 3.8) is 0 Å². The molecule has 2 aromatic carbocycles. The molecule has 1 N–H and O–H groups in total. The molecule has 8 nitrogen and oxygen atoms in total. The lowest BCUT2D eigenvalue weighted by molar-refractivity contribution is -0.127. The Morgan fingerprint density at radius 3 is 2.29 bits per heavy atom. The topological polar surface area (TPSA) is 96.9 Å². The predicted octanol–water partition coefficient (Wildman–Crippen LogP) is 4.86. The molecule has 0 fully saturated rings. The minimum absolute atomic E-state index is 0.145. The Bertz CT molecular complexity index is 1910. The number of amides is 1. The molecule has 0 bridgehead atoms. The third-order valence-corrected chi connectivity index (χ3v) is 8.85. The number of aromatic nitrogens is 2. The number of carboxylic acids is 1. The summed E-state index contributed by atoms with van der Waals surface area (Å²) in [5, 5.41) is 9.82. The summed E-state index contributed by atoms with van der Waals surface area (Å²) in [4.78, 5) is 46.1. The van der Waals surface area contributed by atoms with Gasteiger partial charge in [-0.1, -0.05) is 35.1 Å². The summed E-state index contributed by atoms with van der Waals surface area (Å²) in [5.74, 6) is -1.12. The smallest absolute Gasteiger partial charge is 0.335 e. The zero-order chi connectivity index (χ0) is 30.3. The van der Waals surface area contributed by atoms with E-state index < -0.39 is 12.0 Å². The van der Waals surface area contributed by atoms with Crippen molar-refractivity contribution in [3.8, 4) is 5.69 Å². The van der Waals surface area contributed by atoms with E-state index in [1.54, 1.807) is 45.9 Å². The number of aryl methyl sites for hydroxylation is 1. The molecular weight excluding hydrogens is 572 g/mol. The van der Waals surface area contributed by atoms with Crippen LogP contribution in [-0.2, 0) is 4.79 Å². The summed E-state index contributed by atoms with van der Waals surface area (Å²) in [6, 6.07) is 15.3. The molecule has 5 rings (SSSR count). The zero-order valence-corrected chi connectivity index (χ0v) is 25.6. The normalized spacial score (nSPS) is 15.0. The Morgan fingerprint density at radius 2 is 1.69 bits per heavy atom. The Balaban J connectivity index is 1.66. The Kier molecular flexibility index (Phi) is 8.08. The third-order valence-electron chi connectivity index (χ3n) is 7.62. The maximum absolute atomic E-state index is 14.1. The summed E-state index contributed by atoms with van der Waals surface area (Å²) in [7, 11) is 0. The minimum Gasteiger partial charge on any atom is -0.478 e. The Labute approximate surface area is 252 Å². The fraction of sp³-hybridized carbons (Fsp3) is 0.250. The molecule has 0 spiro atoms. The first-order valence-electron chi connectivity index (χ1n) is 13.7. The molecule has 1 aliphatic rings. The predicted molar refractivity (Wildman–Crippen MR) is 165 cm³/mol. The van der Waals surface area contributed by atoms with Crippen LogP contribution in [0.3, 0.4) is 0 Å². The number of halogens is 1. The van der Waals surface area contributed by atoms with Crippen LogP contribution >= 0.6 is 22.9 Å². The van der Waals surface area contributed by atoms with Crippen molar-refractivity contribution < 1.29 is 14.7 Å². The van der Waals surface area contributed by atoms with Crippen molar-refractivity contribution in [2.45, 2.75) is 40.7 Å². The van der Waals surface area contributed by atoms with Gasteiger partial charge in [0.1, 0.15) is 0 Å². The molecule has 0 radical (unpaired) electrons. The Morgan fingerprint density at radius 1 is 1.05 bits per heavy atom. The van der Waals surface area contributed by atoms with Crippen LogP contribution in [0.15, 0.2) is 75.7 Å². The first-order chi connectivity index (χ1) is 20.0. The highest BCUT2D eigenvalue weighted by Crippen LogP contribution is 2.32. The summed E-state index contributed by atoms with van der Waals surface area (Å²) in [5.41, 5.74) is 5.36. The molecule has 4 aromatic rings. The van der Waals surface area contributed by atoms with Crippen molar-refractivity contribution >= 4 is 40.9 Å². The maximum Gasteiger partial charge on any atom is 0.335 e. The Hall–Kier alpha value is -4.21. The van der Waals surface area contributed by atoms with Crippen LogP contribution in [0.2, 0.25) is 5.02 Å². The fourth-order valence-corrected chi connectivity index (χ4v) is 6.63. The van der Waals surface area contributed by atoms with Crippen LogP contribution in [-0.4, -0.2) is 44.1 Å². The third kappa shape index (κ3) is 5.14. The van der Waals surface area contributed by atoms with E-state index in [0.717, 1.165) is 28.2 Å². The van der Waals surface area contributed by atoms with Crippen molar-refractivity contribution in [2.24, 2.45) is 4.99 Å². The largest absolute Gasteiger partial charge is 0.478 e. The molecule has 0 unspecified atom stereocenters. The second-order valence-electron chi connectivity index (χ2n) is 10.1. The number of allylic oxidation sites excluding steroid dienone is 1. The van der Waals surface area contributed by atoms with Crippen LogP contribution in [0.1, 0.15) is 59.7 Å². The van der Waals surface area contributed by atoms with E-state index in [-0.39, 0.29) is 17.0 Å². The van der Waals surface area contributed by atoms with Gasteiger partial charge in [-0.25, -0.2) is 9.79 Å². The van der Waals surface area contributed by atoms with E-state index in [9.17, 15) is 19.5 Å². The molecule has 2 aromatic heterocycles. The van der Waals surface area contributed by atoms with E-state index in [4.69, 9.17) is 16.6 Å². The molecule has 1 atom stereocenters. The number of aromatic carboxylic acids is 1. The summed E-state index contributed by atoms with van der Waals surface area (Å²) in [6.07, 6.45) is 1.86. The number of rotatable bonds is 7. The van der Waals surface area contributed by atoms with Gasteiger partial charge in [-0.3, -0.25) is 14.2 Å². The number of likely N-dealkylation sites (N-methyl/N-ethyl adjacent to an activating group) is 1. The van der Waals surface area contributed by atoms with Gasteiger partial charge < -0.3 is 14.6 Å². The number of hydrogen-bond donors (Lipinski definition) is 1. The molecule has 1 aliphatic heterocycles. The molecule has 42 heavy (non-hydrogen) atoms. The van der Waals surface area contributed by atoms with Gasteiger partial charge >= 0.3 is 5.97 Å². The number of benzene rings is 2. The van der Waals surface area contributed by atoms with Gasteiger partial charge in [0, 0.05) is 35.2 Å². The lowest BCUT2D eigenvalue weighted by atomic mass is 9.94. The van der Waals surface area contributed by atoms with Crippen LogP contribution in [0.25, 0.3) is 11.8 Å². The van der Waals surface area contributed by atoms with Gasteiger partial charge in [0.2, 0.25) is 0 Å². The van der Waals surface area contributed by atoms with E-state index in [0.29, 0.717) is 38.7 Å². The summed E-state index contributed by atoms with van der Waals surface area (Å²) in [6.45, 7) is 10.7. The summed E-state index contributed by atoms with van der Waals surface area (Å²) < 4.78 is 4.14. The van der Waals surface area contributed by atoms with Crippen LogP contribution in [0.5, 0.6) is 0 Å². The first kappa shape index (κ1) is 29.3. The zero-order valence-electron chi connectivity index (χ0n) is 24.0. The van der Waals surface area contributed by atoms with Gasteiger partial charge in [0.15, 0.2) is 4.80 Å². The lowest BCUT2D eigenvalue weighted by Gasteiger charge is -2.29.